The molecule has 218 valence electrons. The van der Waals surface area contributed by atoms with Crippen LogP contribution in [0.1, 0.15) is 61.0 Å². The number of methoxy groups -OCH3 is 2. The Hall–Kier alpha value is -3.29. The van der Waals surface area contributed by atoms with Gasteiger partial charge in [-0.05, 0) is 106 Å². The largest absolute Gasteiger partial charge is 0.493 e. The molecule has 0 amide bonds. The molecule has 6 rings (SSSR count). The van der Waals surface area contributed by atoms with E-state index in [1.54, 1.807) is 14.2 Å². The minimum Gasteiger partial charge on any atom is -0.493 e. The van der Waals surface area contributed by atoms with Crippen molar-refractivity contribution in [1.82, 2.24) is 24.6 Å². The van der Waals surface area contributed by atoms with Crippen molar-refractivity contribution < 1.29 is 9.47 Å². The topological polar surface area (TPSA) is 58.6 Å². The molecule has 0 atom stereocenters. The van der Waals surface area contributed by atoms with Crippen LogP contribution in [-0.2, 0) is 20.0 Å². The third-order valence-electron chi connectivity index (χ3n) is 9.58. The number of ether oxygens (including phenoxy) is 2. The van der Waals surface area contributed by atoms with Gasteiger partial charge >= 0.3 is 0 Å². The number of aromatic nitrogens is 3. The number of nitrogens with zero attached hydrogens (tertiary/aromatic N) is 4. The quantitative estimate of drug-likeness (QED) is 0.277. The monoisotopic (exact) mass is 555 g/mol. The zero-order valence-corrected chi connectivity index (χ0v) is 25.4. The van der Waals surface area contributed by atoms with E-state index in [-0.39, 0.29) is 0 Å². The van der Waals surface area contributed by atoms with E-state index in [0.717, 1.165) is 36.1 Å². The van der Waals surface area contributed by atoms with E-state index in [1.807, 2.05) is 17.8 Å². The summed E-state index contributed by atoms with van der Waals surface area (Å²) in [6, 6.07) is 16.2. The maximum Gasteiger partial charge on any atom is 0.161 e. The molecule has 0 unspecified atom stereocenters. The first-order valence-corrected chi connectivity index (χ1v) is 15.3. The van der Waals surface area contributed by atoms with E-state index in [2.05, 4.69) is 70.1 Å². The standard InChI is InChI=1S/C34H45N5O2/c1-6-29-30-20-25(7-9-31(30)35-34(29)26-8-10-32(40-4)33(21-26)41-5)24-11-17-39(18-12-24)28-13-15-38(16-14-28)22-27-19-23(2)37(3)36-27/h7-10,19-21,24,28,35H,6,11-18,22H2,1-5H3. The highest BCUT2D eigenvalue weighted by Crippen LogP contribution is 2.38. The van der Waals surface area contributed by atoms with Crippen LogP contribution >= 0.6 is 0 Å². The maximum atomic E-state index is 5.58. The van der Waals surface area contributed by atoms with Gasteiger partial charge in [0.2, 0.25) is 0 Å². The van der Waals surface area contributed by atoms with Gasteiger partial charge in [-0.2, -0.15) is 5.10 Å². The molecule has 1 N–H and O–H groups in total. The summed E-state index contributed by atoms with van der Waals surface area (Å²) in [5, 5.41) is 6.02. The van der Waals surface area contributed by atoms with Crippen molar-refractivity contribution in [3.63, 3.8) is 0 Å². The molecule has 0 saturated carbocycles. The molecule has 7 heteroatoms. The highest BCUT2D eigenvalue weighted by atomic mass is 16.5. The summed E-state index contributed by atoms with van der Waals surface area (Å²) in [5.41, 5.74) is 8.82. The smallest absolute Gasteiger partial charge is 0.161 e. The molecule has 4 aromatic rings. The lowest BCUT2D eigenvalue weighted by atomic mass is 9.87. The van der Waals surface area contributed by atoms with Gasteiger partial charge in [-0.25, -0.2) is 0 Å². The Labute approximate surface area is 244 Å². The fourth-order valence-corrected chi connectivity index (χ4v) is 7.11. The molecular formula is C34H45N5O2. The van der Waals surface area contributed by atoms with Gasteiger partial charge in [0.25, 0.3) is 0 Å². The number of likely N-dealkylation sites (tertiary alicyclic amines) is 2. The van der Waals surface area contributed by atoms with Gasteiger partial charge in [0.15, 0.2) is 11.5 Å². The highest BCUT2D eigenvalue weighted by molar-refractivity contribution is 5.91. The Bertz CT molecular complexity index is 1470. The van der Waals surface area contributed by atoms with Gasteiger partial charge in [0, 0.05) is 60.6 Å². The number of H-pyrrole nitrogens is 1. The van der Waals surface area contributed by atoms with Gasteiger partial charge in [-0.3, -0.25) is 9.58 Å². The third-order valence-corrected chi connectivity index (χ3v) is 9.58. The van der Waals surface area contributed by atoms with Crippen LogP contribution in [0.5, 0.6) is 11.5 Å². The van der Waals surface area contributed by atoms with E-state index in [1.165, 1.54) is 91.0 Å². The average Bonchev–Trinajstić information content (AvgIpc) is 3.54. The van der Waals surface area contributed by atoms with Gasteiger partial charge in [-0.1, -0.05) is 13.0 Å². The van der Waals surface area contributed by atoms with Crippen molar-refractivity contribution in [3.8, 4) is 22.8 Å². The van der Waals surface area contributed by atoms with Crippen molar-refractivity contribution in [2.24, 2.45) is 7.05 Å². The normalized spacial score (nSPS) is 17.9. The molecular weight excluding hydrogens is 510 g/mol. The highest BCUT2D eigenvalue weighted by Gasteiger charge is 2.29. The summed E-state index contributed by atoms with van der Waals surface area (Å²) in [6.07, 6.45) is 6.00. The van der Waals surface area contributed by atoms with Crippen LogP contribution in [0.4, 0.5) is 0 Å². The fourth-order valence-electron chi connectivity index (χ4n) is 7.11. The van der Waals surface area contributed by atoms with Crippen LogP contribution in [0.15, 0.2) is 42.5 Å². The number of hydrogen-bond donors (Lipinski definition) is 1. The Morgan fingerprint density at radius 2 is 1.66 bits per heavy atom. The first-order valence-electron chi connectivity index (χ1n) is 15.3. The average molecular weight is 556 g/mol. The molecule has 2 aromatic carbocycles. The van der Waals surface area contributed by atoms with Crippen molar-refractivity contribution in [2.75, 3.05) is 40.4 Å². The van der Waals surface area contributed by atoms with Gasteiger partial charge < -0.3 is 19.4 Å². The number of piperidine rings is 2. The van der Waals surface area contributed by atoms with Crippen LogP contribution in [0, 0.1) is 6.92 Å². The summed E-state index contributed by atoms with van der Waals surface area (Å²) in [6.45, 7) is 10.1. The van der Waals surface area contributed by atoms with Crippen molar-refractivity contribution in [3.05, 3.63) is 65.0 Å². The lowest BCUT2D eigenvalue weighted by molar-refractivity contribution is 0.0840. The number of aryl methyl sites for hydroxylation is 3. The van der Waals surface area contributed by atoms with Crippen molar-refractivity contribution in [2.45, 2.75) is 64.5 Å². The van der Waals surface area contributed by atoms with Crippen LogP contribution < -0.4 is 9.47 Å². The minimum atomic E-state index is 0.632. The fraction of sp³-hybridized carbons (Fsp3) is 0.500. The van der Waals surface area contributed by atoms with E-state index in [4.69, 9.17) is 9.47 Å². The summed E-state index contributed by atoms with van der Waals surface area (Å²) in [7, 11) is 5.40. The molecule has 0 bridgehead atoms. The van der Waals surface area contributed by atoms with Crippen LogP contribution in [0.25, 0.3) is 22.2 Å². The van der Waals surface area contributed by atoms with Crippen LogP contribution in [0.3, 0.4) is 0 Å². The molecule has 2 aliphatic rings. The van der Waals surface area contributed by atoms with E-state index in [9.17, 15) is 0 Å². The third kappa shape index (κ3) is 5.62. The molecule has 4 heterocycles. The number of nitrogens with one attached hydrogen (secondary N) is 1. The molecule has 0 spiro atoms. The van der Waals surface area contributed by atoms with Crippen molar-refractivity contribution in [1.29, 1.82) is 0 Å². The Kier molecular flexibility index (Phi) is 8.09. The molecule has 2 fully saturated rings. The van der Waals surface area contributed by atoms with E-state index in [0.29, 0.717) is 5.92 Å². The zero-order chi connectivity index (χ0) is 28.5. The predicted octanol–water partition coefficient (Wildman–Crippen LogP) is 6.30. The van der Waals surface area contributed by atoms with Gasteiger partial charge in [-0.15, -0.1) is 0 Å². The number of fused-ring (bicyclic) bond motifs is 1. The summed E-state index contributed by atoms with van der Waals surface area (Å²) in [4.78, 5) is 9.07. The number of aromatic amines is 1. The van der Waals surface area contributed by atoms with Gasteiger partial charge in [0.1, 0.15) is 0 Å². The Morgan fingerprint density at radius 1 is 0.902 bits per heavy atom. The number of benzene rings is 2. The second-order valence-electron chi connectivity index (χ2n) is 11.9. The molecule has 2 saturated heterocycles. The maximum absolute atomic E-state index is 5.58. The zero-order valence-electron chi connectivity index (χ0n) is 25.4. The first kappa shape index (κ1) is 27.9. The Morgan fingerprint density at radius 3 is 2.32 bits per heavy atom. The Balaban J connectivity index is 1.10. The van der Waals surface area contributed by atoms with Crippen LogP contribution in [-0.4, -0.2) is 71.0 Å². The number of hydrogen-bond acceptors (Lipinski definition) is 5. The second kappa shape index (κ2) is 11.9. The summed E-state index contributed by atoms with van der Waals surface area (Å²) < 4.78 is 13.0. The minimum absolute atomic E-state index is 0.632. The lowest BCUT2D eigenvalue weighted by Gasteiger charge is -2.41. The first-order chi connectivity index (χ1) is 20.0. The lowest BCUT2D eigenvalue weighted by Crippen LogP contribution is -2.47. The second-order valence-corrected chi connectivity index (χ2v) is 11.9. The number of rotatable bonds is 8. The summed E-state index contributed by atoms with van der Waals surface area (Å²) >= 11 is 0. The SMILES string of the molecule is CCc1c(-c2ccc(OC)c(OC)c2)[nH]c2ccc(C3CCN(C4CCN(Cc5cc(C)n(C)n5)CC4)CC3)cc12. The predicted molar refractivity (Wildman–Crippen MR) is 166 cm³/mol. The molecule has 2 aliphatic heterocycles. The molecule has 7 nitrogen and oxygen atoms in total. The molecule has 0 aliphatic carbocycles. The summed E-state index contributed by atoms with van der Waals surface area (Å²) in [5.74, 6) is 2.14. The van der Waals surface area contributed by atoms with Crippen molar-refractivity contribution >= 4 is 10.9 Å². The van der Waals surface area contributed by atoms with Gasteiger partial charge in [0.05, 0.1) is 19.9 Å². The molecule has 2 aromatic heterocycles. The molecule has 41 heavy (non-hydrogen) atoms. The van der Waals surface area contributed by atoms with E-state index < -0.39 is 0 Å². The van der Waals surface area contributed by atoms with E-state index >= 15 is 0 Å². The molecule has 0 radical (unpaired) electrons. The van der Waals surface area contributed by atoms with Crippen LogP contribution in [0.2, 0.25) is 0 Å².